The minimum Gasteiger partial charge on any atom is -0.376 e. The second-order valence-corrected chi connectivity index (χ2v) is 4.96. The maximum absolute atomic E-state index is 11.8. The van der Waals surface area contributed by atoms with Crippen molar-refractivity contribution in [2.45, 2.75) is 20.4 Å². The Kier molecular flexibility index (Phi) is 4.07. The molecular formula is C11H19N5O2. The van der Waals surface area contributed by atoms with Gasteiger partial charge in [0, 0.05) is 20.2 Å². The zero-order chi connectivity index (χ0) is 13.9. The first-order valence-corrected chi connectivity index (χ1v) is 5.53. The lowest BCUT2D eigenvalue weighted by Crippen LogP contribution is -2.44. The molecular weight excluding hydrogens is 234 g/mol. The van der Waals surface area contributed by atoms with Gasteiger partial charge in [-0.15, -0.1) is 0 Å². The van der Waals surface area contributed by atoms with Gasteiger partial charge >= 0.3 is 0 Å². The predicted octanol–water partition coefficient (Wildman–Crippen LogP) is -0.675. The fraction of sp³-hybridized carbons (Fsp3) is 0.545. The number of hydrogen-bond donors (Lipinski definition) is 2. The van der Waals surface area contributed by atoms with E-state index in [1.54, 1.807) is 24.9 Å². The highest BCUT2D eigenvalue weighted by Gasteiger charge is 2.28. The highest BCUT2D eigenvalue weighted by atomic mass is 16.2. The lowest BCUT2D eigenvalue weighted by Gasteiger charge is -2.22. The molecule has 0 aliphatic carbocycles. The van der Waals surface area contributed by atoms with Crippen molar-refractivity contribution in [2.75, 3.05) is 19.0 Å². The normalized spacial score (nSPS) is 11.2. The van der Waals surface area contributed by atoms with Crippen molar-refractivity contribution >= 4 is 11.6 Å². The van der Waals surface area contributed by atoms with Crippen LogP contribution in [0.3, 0.4) is 0 Å². The number of aromatic nitrogens is 2. The molecule has 1 rings (SSSR count). The Balaban J connectivity index is 3.00. The maximum atomic E-state index is 11.8. The summed E-state index contributed by atoms with van der Waals surface area (Å²) in [4.78, 5) is 25.2. The van der Waals surface area contributed by atoms with Gasteiger partial charge in [0.15, 0.2) is 0 Å². The van der Waals surface area contributed by atoms with E-state index in [0.29, 0.717) is 0 Å². The Bertz CT molecular complexity index is 492. The number of hydrazine groups is 1. The second-order valence-electron chi connectivity index (χ2n) is 4.96. The molecule has 0 atom stereocenters. The molecule has 18 heavy (non-hydrogen) atoms. The zero-order valence-electron chi connectivity index (χ0n) is 11.1. The van der Waals surface area contributed by atoms with Crippen LogP contribution in [0.4, 0.5) is 5.69 Å². The smallest absolute Gasteiger partial charge is 0.268 e. The number of rotatable bonds is 4. The molecule has 7 nitrogen and oxygen atoms in total. The minimum atomic E-state index is -0.800. The first-order chi connectivity index (χ1) is 8.27. The predicted molar refractivity (Wildman–Crippen MR) is 68.9 cm³/mol. The quantitative estimate of drug-likeness (QED) is 0.421. The van der Waals surface area contributed by atoms with Crippen molar-refractivity contribution in [3.63, 3.8) is 0 Å². The third-order valence-electron chi connectivity index (χ3n) is 2.66. The summed E-state index contributed by atoms with van der Waals surface area (Å²) in [5.41, 5.74) is 1.75. The standard InChI is InChI=1S/C11H19N5O2/c1-11(2,10(18)14-12)7-16-9(17)5-8(6-13-16)15(3)4/h5-6H,7,12H2,1-4H3,(H,14,18). The molecule has 7 heteroatoms. The molecule has 0 saturated heterocycles. The summed E-state index contributed by atoms with van der Waals surface area (Å²) < 4.78 is 1.25. The molecule has 0 spiro atoms. The van der Waals surface area contributed by atoms with Gasteiger partial charge in [0.25, 0.3) is 5.56 Å². The number of carbonyl (C=O) groups excluding carboxylic acids is 1. The van der Waals surface area contributed by atoms with Gasteiger partial charge in [-0.1, -0.05) is 0 Å². The number of nitrogens with two attached hydrogens (primary N) is 1. The van der Waals surface area contributed by atoms with Gasteiger partial charge in [-0.2, -0.15) is 5.10 Å². The molecule has 1 aromatic rings. The van der Waals surface area contributed by atoms with Gasteiger partial charge in [-0.25, -0.2) is 10.5 Å². The number of amides is 1. The molecule has 1 amide bonds. The zero-order valence-corrected chi connectivity index (χ0v) is 11.1. The lowest BCUT2D eigenvalue weighted by atomic mass is 9.93. The number of carbonyl (C=O) groups is 1. The summed E-state index contributed by atoms with van der Waals surface area (Å²) in [5.74, 6) is 4.76. The van der Waals surface area contributed by atoms with Crippen molar-refractivity contribution in [1.82, 2.24) is 15.2 Å². The summed E-state index contributed by atoms with van der Waals surface area (Å²) in [6.45, 7) is 3.56. The van der Waals surface area contributed by atoms with Crippen LogP contribution in [0.25, 0.3) is 0 Å². The topological polar surface area (TPSA) is 93.2 Å². The molecule has 3 N–H and O–H groups in total. The van der Waals surface area contributed by atoms with Crippen LogP contribution in [0.2, 0.25) is 0 Å². The van der Waals surface area contributed by atoms with Gasteiger partial charge in [0.2, 0.25) is 5.91 Å². The lowest BCUT2D eigenvalue weighted by molar-refractivity contribution is -0.130. The third-order valence-corrected chi connectivity index (χ3v) is 2.66. The van der Waals surface area contributed by atoms with Gasteiger partial charge in [0.05, 0.1) is 23.8 Å². The molecule has 1 aromatic heterocycles. The summed E-state index contributed by atoms with van der Waals surface area (Å²) in [5, 5.41) is 4.04. The van der Waals surface area contributed by atoms with Crippen LogP contribution in [0.1, 0.15) is 13.8 Å². The van der Waals surface area contributed by atoms with E-state index in [1.807, 2.05) is 14.1 Å². The number of hydrogen-bond acceptors (Lipinski definition) is 5. The summed E-state index contributed by atoms with van der Waals surface area (Å²) >= 11 is 0. The largest absolute Gasteiger partial charge is 0.376 e. The molecule has 0 saturated carbocycles. The molecule has 0 aromatic carbocycles. The van der Waals surface area contributed by atoms with E-state index in [-0.39, 0.29) is 18.0 Å². The van der Waals surface area contributed by atoms with E-state index in [1.165, 1.54) is 10.7 Å². The number of nitrogens with one attached hydrogen (secondary N) is 1. The average molecular weight is 253 g/mol. The maximum Gasteiger partial charge on any atom is 0.268 e. The van der Waals surface area contributed by atoms with Crippen LogP contribution >= 0.6 is 0 Å². The fourth-order valence-corrected chi connectivity index (χ4v) is 1.43. The Morgan fingerprint density at radius 1 is 1.56 bits per heavy atom. The van der Waals surface area contributed by atoms with Crippen molar-refractivity contribution in [3.05, 3.63) is 22.6 Å². The van der Waals surface area contributed by atoms with E-state index in [9.17, 15) is 9.59 Å². The number of nitrogens with zero attached hydrogens (tertiary/aromatic N) is 3. The second kappa shape index (κ2) is 5.18. The third kappa shape index (κ3) is 3.07. The van der Waals surface area contributed by atoms with Crippen LogP contribution < -0.4 is 21.7 Å². The minimum absolute atomic E-state index is 0.169. The van der Waals surface area contributed by atoms with Gasteiger partial charge in [0.1, 0.15) is 0 Å². The first-order valence-electron chi connectivity index (χ1n) is 5.53. The molecule has 100 valence electrons. The average Bonchev–Trinajstić information content (AvgIpc) is 2.30. The molecule has 0 bridgehead atoms. The van der Waals surface area contributed by atoms with Crippen molar-refractivity contribution in [3.8, 4) is 0 Å². The van der Waals surface area contributed by atoms with E-state index in [2.05, 4.69) is 10.5 Å². The van der Waals surface area contributed by atoms with Crippen molar-refractivity contribution in [1.29, 1.82) is 0 Å². The summed E-state index contributed by atoms with van der Waals surface area (Å²) in [7, 11) is 3.65. The fourth-order valence-electron chi connectivity index (χ4n) is 1.43. The van der Waals surface area contributed by atoms with Crippen LogP contribution in [-0.4, -0.2) is 29.8 Å². The Morgan fingerprint density at radius 3 is 2.61 bits per heavy atom. The SMILES string of the molecule is CN(C)c1cnn(CC(C)(C)C(=O)NN)c(=O)c1. The van der Waals surface area contributed by atoms with E-state index in [0.717, 1.165) is 5.69 Å². The molecule has 0 fully saturated rings. The first kappa shape index (κ1) is 14.2. The van der Waals surface area contributed by atoms with Crippen molar-refractivity contribution < 1.29 is 4.79 Å². The van der Waals surface area contributed by atoms with Gasteiger partial charge in [-0.3, -0.25) is 15.0 Å². The van der Waals surface area contributed by atoms with Crippen LogP contribution in [0, 0.1) is 5.41 Å². The highest BCUT2D eigenvalue weighted by Crippen LogP contribution is 2.16. The number of anilines is 1. The molecule has 0 aliphatic heterocycles. The van der Waals surface area contributed by atoms with E-state index in [4.69, 9.17) is 5.84 Å². The monoisotopic (exact) mass is 253 g/mol. The Hall–Kier alpha value is -1.89. The molecule has 0 aliphatic rings. The van der Waals surface area contributed by atoms with Crippen molar-refractivity contribution in [2.24, 2.45) is 11.3 Å². The molecule has 1 heterocycles. The van der Waals surface area contributed by atoms with Crippen LogP contribution in [-0.2, 0) is 11.3 Å². The van der Waals surface area contributed by atoms with Crippen LogP contribution in [0.5, 0.6) is 0 Å². The van der Waals surface area contributed by atoms with Crippen LogP contribution in [0.15, 0.2) is 17.1 Å². The van der Waals surface area contributed by atoms with Gasteiger partial charge in [-0.05, 0) is 13.8 Å². The highest BCUT2D eigenvalue weighted by molar-refractivity contribution is 5.81. The molecule has 0 radical (unpaired) electrons. The Labute approximate surface area is 106 Å². The van der Waals surface area contributed by atoms with E-state index < -0.39 is 5.41 Å². The molecule has 0 unspecified atom stereocenters. The summed E-state index contributed by atoms with van der Waals surface area (Å²) in [6, 6.07) is 1.48. The Morgan fingerprint density at radius 2 is 2.17 bits per heavy atom. The van der Waals surface area contributed by atoms with Gasteiger partial charge < -0.3 is 4.90 Å². The summed E-state index contributed by atoms with van der Waals surface area (Å²) in [6.07, 6.45) is 1.58. The van der Waals surface area contributed by atoms with E-state index >= 15 is 0 Å².